The minimum atomic E-state index is -0.146. The summed E-state index contributed by atoms with van der Waals surface area (Å²) in [6.45, 7) is 1.64. The molecule has 0 saturated carbocycles. The summed E-state index contributed by atoms with van der Waals surface area (Å²) < 4.78 is 0. The smallest absolute Gasteiger partial charge is 0.297 e. The quantitative estimate of drug-likeness (QED) is 0.406. The third-order valence-electron chi connectivity index (χ3n) is 0.638. The van der Waals surface area contributed by atoms with Gasteiger partial charge in [-0.05, 0) is 12.8 Å². The molecule has 44 valence electrons. The Morgan fingerprint density at radius 3 is 2.12 bits per heavy atom. The predicted octanol–water partition coefficient (Wildman–Crippen LogP) is 0.0979. The predicted molar refractivity (Wildman–Crippen MR) is 32.1 cm³/mol. The van der Waals surface area contributed by atoms with E-state index < -0.39 is 0 Å². The molecule has 0 saturated heterocycles. The summed E-state index contributed by atoms with van der Waals surface area (Å²) >= 11 is 0. The van der Waals surface area contributed by atoms with Gasteiger partial charge in [0.2, 0.25) is 0 Å². The molecule has 0 N–H and O–H groups in total. The van der Waals surface area contributed by atoms with Crippen molar-refractivity contribution in [1.82, 2.24) is 4.90 Å². The molecular weight excluding hydrogens is 102 g/mol. The van der Waals surface area contributed by atoms with Crippen LogP contribution < -0.4 is 0 Å². The van der Waals surface area contributed by atoms with E-state index in [1.807, 2.05) is 0 Å². The Bertz CT molecular complexity index is 138. The van der Waals surface area contributed by atoms with Crippen LogP contribution in [0.4, 0.5) is 0 Å². The van der Waals surface area contributed by atoms with E-state index in [9.17, 15) is 4.79 Å². The van der Waals surface area contributed by atoms with Gasteiger partial charge in [0.25, 0.3) is 5.91 Å². The van der Waals surface area contributed by atoms with Crippen LogP contribution in [-0.4, -0.2) is 24.9 Å². The van der Waals surface area contributed by atoms with E-state index in [4.69, 9.17) is 0 Å². The molecule has 0 heterocycles. The standard InChI is InChI=1S/C6H9NO/c1-4-5-6(8)7(2)3/h1-3H3. The molecule has 1 amide bonds. The molecule has 0 aliphatic rings. The third kappa shape index (κ3) is 2.25. The second-order valence-corrected chi connectivity index (χ2v) is 1.57. The molecular formula is C6H9NO. The van der Waals surface area contributed by atoms with Crippen LogP contribution in [0.1, 0.15) is 6.92 Å². The van der Waals surface area contributed by atoms with Crippen LogP contribution in [0, 0.1) is 11.8 Å². The summed E-state index contributed by atoms with van der Waals surface area (Å²) in [6, 6.07) is 0. The van der Waals surface area contributed by atoms with Gasteiger partial charge in [-0.2, -0.15) is 0 Å². The number of hydrogen-bond donors (Lipinski definition) is 0. The Labute approximate surface area is 49.5 Å². The summed E-state index contributed by atoms with van der Waals surface area (Å²) in [4.78, 5) is 11.9. The molecule has 0 aromatic carbocycles. The Kier molecular flexibility index (Phi) is 2.71. The monoisotopic (exact) mass is 111 g/mol. The molecule has 2 nitrogen and oxygen atoms in total. The SMILES string of the molecule is CC#CC(=O)N(C)C. The van der Waals surface area contributed by atoms with Crippen molar-refractivity contribution in [2.24, 2.45) is 0 Å². The van der Waals surface area contributed by atoms with E-state index in [-0.39, 0.29) is 5.91 Å². The van der Waals surface area contributed by atoms with Gasteiger partial charge in [-0.15, -0.1) is 0 Å². The zero-order valence-electron chi connectivity index (χ0n) is 5.36. The normalized spacial score (nSPS) is 6.88. The fraction of sp³-hybridized carbons (Fsp3) is 0.500. The topological polar surface area (TPSA) is 20.3 Å². The van der Waals surface area contributed by atoms with Crippen molar-refractivity contribution in [3.05, 3.63) is 0 Å². The number of rotatable bonds is 0. The van der Waals surface area contributed by atoms with E-state index in [1.165, 1.54) is 4.90 Å². The second kappa shape index (κ2) is 3.09. The van der Waals surface area contributed by atoms with Gasteiger partial charge in [0.15, 0.2) is 0 Å². The van der Waals surface area contributed by atoms with E-state index in [2.05, 4.69) is 11.8 Å². The highest BCUT2D eigenvalue weighted by Gasteiger charge is 1.93. The van der Waals surface area contributed by atoms with Gasteiger partial charge in [-0.3, -0.25) is 4.79 Å². The van der Waals surface area contributed by atoms with E-state index >= 15 is 0 Å². The molecule has 0 atom stereocenters. The molecule has 0 bridgehead atoms. The molecule has 0 spiro atoms. The molecule has 0 unspecified atom stereocenters. The number of carbonyl (C=O) groups excluding carboxylic acids is 1. The van der Waals surface area contributed by atoms with Gasteiger partial charge in [0.05, 0.1) is 0 Å². The Morgan fingerprint density at radius 1 is 1.50 bits per heavy atom. The zero-order chi connectivity index (χ0) is 6.57. The van der Waals surface area contributed by atoms with Crippen LogP contribution in [0.2, 0.25) is 0 Å². The molecule has 0 aliphatic carbocycles. The van der Waals surface area contributed by atoms with Crippen molar-refractivity contribution < 1.29 is 4.79 Å². The molecule has 8 heavy (non-hydrogen) atoms. The summed E-state index contributed by atoms with van der Waals surface area (Å²) in [5.74, 6) is 4.74. The van der Waals surface area contributed by atoms with E-state index in [0.29, 0.717) is 0 Å². The molecule has 0 fully saturated rings. The summed E-state index contributed by atoms with van der Waals surface area (Å²) in [5, 5.41) is 0. The first kappa shape index (κ1) is 7.03. The maximum absolute atomic E-state index is 10.5. The average Bonchev–Trinajstić information content (AvgIpc) is 1.67. The lowest BCUT2D eigenvalue weighted by Gasteiger charge is -2.01. The molecule has 0 rings (SSSR count). The zero-order valence-corrected chi connectivity index (χ0v) is 5.36. The number of hydrogen-bond acceptors (Lipinski definition) is 1. The minimum Gasteiger partial charge on any atom is -0.338 e. The van der Waals surface area contributed by atoms with E-state index in [1.54, 1.807) is 21.0 Å². The van der Waals surface area contributed by atoms with Crippen LogP contribution in [0.15, 0.2) is 0 Å². The maximum atomic E-state index is 10.5. The molecule has 0 radical (unpaired) electrons. The van der Waals surface area contributed by atoms with Crippen LogP contribution in [0.25, 0.3) is 0 Å². The highest BCUT2D eigenvalue weighted by atomic mass is 16.2. The summed E-state index contributed by atoms with van der Waals surface area (Å²) in [6.07, 6.45) is 0. The molecule has 0 aromatic heterocycles. The van der Waals surface area contributed by atoms with Crippen LogP contribution in [-0.2, 0) is 4.79 Å². The van der Waals surface area contributed by atoms with Crippen LogP contribution >= 0.6 is 0 Å². The fourth-order valence-electron chi connectivity index (χ4n) is 0.219. The first-order valence-electron chi connectivity index (χ1n) is 2.32. The van der Waals surface area contributed by atoms with Gasteiger partial charge in [-0.1, -0.05) is 5.92 Å². The number of nitrogens with zero attached hydrogens (tertiary/aromatic N) is 1. The highest BCUT2D eigenvalue weighted by molar-refractivity contribution is 5.92. The van der Waals surface area contributed by atoms with Crippen molar-refractivity contribution in [3.63, 3.8) is 0 Å². The van der Waals surface area contributed by atoms with Gasteiger partial charge in [0.1, 0.15) is 0 Å². The second-order valence-electron chi connectivity index (χ2n) is 1.57. The lowest BCUT2D eigenvalue weighted by molar-refractivity contribution is -0.122. The first-order valence-corrected chi connectivity index (χ1v) is 2.32. The molecule has 0 aromatic rings. The Hall–Kier alpha value is -0.970. The van der Waals surface area contributed by atoms with Crippen molar-refractivity contribution in [3.8, 4) is 11.8 Å². The minimum absolute atomic E-state index is 0.146. The van der Waals surface area contributed by atoms with Crippen molar-refractivity contribution >= 4 is 5.91 Å². The van der Waals surface area contributed by atoms with Gasteiger partial charge in [0, 0.05) is 14.1 Å². The summed E-state index contributed by atoms with van der Waals surface area (Å²) in [5.41, 5.74) is 0. The fourth-order valence-corrected chi connectivity index (χ4v) is 0.219. The Morgan fingerprint density at radius 2 is 2.00 bits per heavy atom. The van der Waals surface area contributed by atoms with E-state index in [0.717, 1.165) is 0 Å². The number of amides is 1. The maximum Gasteiger partial charge on any atom is 0.297 e. The average molecular weight is 111 g/mol. The third-order valence-corrected chi connectivity index (χ3v) is 0.638. The highest BCUT2D eigenvalue weighted by Crippen LogP contribution is 1.72. The molecule has 2 heteroatoms. The van der Waals surface area contributed by atoms with Crippen LogP contribution in [0.3, 0.4) is 0 Å². The lowest BCUT2D eigenvalue weighted by atomic mass is 10.5. The number of carbonyl (C=O) groups is 1. The van der Waals surface area contributed by atoms with Crippen molar-refractivity contribution in [2.45, 2.75) is 6.92 Å². The Balaban J connectivity index is 3.78. The molecule has 0 aliphatic heterocycles. The first-order chi connectivity index (χ1) is 3.68. The van der Waals surface area contributed by atoms with Gasteiger partial charge >= 0.3 is 0 Å². The lowest BCUT2D eigenvalue weighted by Crippen LogP contribution is -2.19. The van der Waals surface area contributed by atoms with Gasteiger partial charge in [-0.25, -0.2) is 0 Å². The van der Waals surface area contributed by atoms with Gasteiger partial charge < -0.3 is 4.90 Å². The van der Waals surface area contributed by atoms with Crippen LogP contribution in [0.5, 0.6) is 0 Å². The summed E-state index contributed by atoms with van der Waals surface area (Å²) in [7, 11) is 3.35. The van der Waals surface area contributed by atoms with Crippen molar-refractivity contribution in [2.75, 3.05) is 14.1 Å². The largest absolute Gasteiger partial charge is 0.338 e. The van der Waals surface area contributed by atoms with Crippen molar-refractivity contribution in [1.29, 1.82) is 0 Å².